The SMILES string of the molecule is CC1CCN(c2cc(N3CCCC3)nc(NC(=S)NCc3ccc(-c4ccc(Cl)cc4)o3)n2)CC1. The highest BCUT2D eigenvalue weighted by Crippen LogP contribution is 2.28. The van der Waals surface area contributed by atoms with Crippen LogP contribution in [0.4, 0.5) is 17.6 Å². The quantitative estimate of drug-likeness (QED) is 0.408. The standard InChI is InChI=1S/C26H31ClN6OS/c1-18-10-14-33(15-11-18)24-16-23(32-12-2-3-13-32)29-25(30-24)31-26(35)28-17-21-8-9-22(34-21)19-4-6-20(27)7-5-19/h4-9,16,18H,2-3,10-15,17H2,1H3,(H2,28,29,30,31,35). The second-order valence-electron chi connectivity index (χ2n) is 9.35. The lowest BCUT2D eigenvalue weighted by atomic mass is 9.99. The van der Waals surface area contributed by atoms with Crippen molar-refractivity contribution in [1.29, 1.82) is 0 Å². The van der Waals surface area contributed by atoms with Crippen LogP contribution >= 0.6 is 23.8 Å². The molecule has 0 radical (unpaired) electrons. The fourth-order valence-corrected chi connectivity index (χ4v) is 4.83. The van der Waals surface area contributed by atoms with Crippen LogP contribution in [0.1, 0.15) is 38.4 Å². The number of hydrogen-bond donors (Lipinski definition) is 2. The summed E-state index contributed by atoms with van der Waals surface area (Å²) >= 11 is 11.5. The van der Waals surface area contributed by atoms with Gasteiger partial charge in [0.15, 0.2) is 5.11 Å². The van der Waals surface area contributed by atoms with Crippen molar-refractivity contribution in [2.75, 3.05) is 41.3 Å². The molecule has 4 heterocycles. The molecule has 2 N–H and O–H groups in total. The normalized spacial score (nSPS) is 16.5. The van der Waals surface area contributed by atoms with Gasteiger partial charge in [-0.2, -0.15) is 9.97 Å². The predicted molar refractivity (Wildman–Crippen MR) is 146 cm³/mol. The molecule has 1 aromatic carbocycles. The minimum absolute atomic E-state index is 0.460. The number of furan rings is 1. The minimum Gasteiger partial charge on any atom is -0.459 e. The van der Waals surface area contributed by atoms with Gasteiger partial charge in [0.1, 0.15) is 23.2 Å². The Morgan fingerprint density at radius 2 is 1.66 bits per heavy atom. The van der Waals surface area contributed by atoms with Crippen LogP contribution < -0.4 is 20.4 Å². The van der Waals surface area contributed by atoms with Gasteiger partial charge in [-0.15, -0.1) is 0 Å². The summed E-state index contributed by atoms with van der Waals surface area (Å²) in [6.45, 7) is 6.89. The molecule has 5 rings (SSSR count). The van der Waals surface area contributed by atoms with E-state index < -0.39 is 0 Å². The maximum atomic E-state index is 5.98. The van der Waals surface area contributed by atoms with Crippen molar-refractivity contribution in [1.82, 2.24) is 15.3 Å². The molecule has 2 saturated heterocycles. The first-order valence-electron chi connectivity index (χ1n) is 12.3. The molecular formula is C26H31ClN6OS. The average Bonchev–Trinajstić information content (AvgIpc) is 3.56. The number of hydrogen-bond acceptors (Lipinski definition) is 6. The summed E-state index contributed by atoms with van der Waals surface area (Å²) in [4.78, 5) is 14.3. The Kier molecular flexibility index (Phi) is 7.39. The molecule has 2 aliphatic heterocycles. The number of benzene rings is 1. The highest BCUT2D eigenvalue weighted by Gasteiger charge is 2.21. The highest BCUT2D eigenvalue weighted by atomic mass is 35.5. The van der Waals surface area contributed by atoms with E-state index in [4.69, 9.17) is 38.2 Å². The molecule has 3 aromatic rings. The van der Waals surface area contributed by atoms with Crippen LogP contribution in [-0.2, 0) is 6.54 Å². The lowest BCUT2D eigenvalue weighted by Gasteiger charge is -2.32. The van der Waals surface area contributed by atoms with Gasteiger partial charge in [-0.1, -0.05) is 18.5 Å². The Morgan fingerprint density at radius 3 is 2.34 bits per heavy atom. The third kappa shape index (κ3) is 6.05. The number of piperidine rings is 1. The van der Waals surface area contributed by atoms with Gasteiger partial charge in [0.2, 0.25) is 5.95 Å². The maximum Gasteiger partial charge on any atom is 0.232 e. The van der Waals surface area contributed by atoms with Crippen LogP contribution in [0, 0.1) is 5.92 Å². The first kappa shape index (κ1) is 23.9. The van der Waals surface area contributed by atoms with Crippen LogP contribution in [0.3, 0.4) is 0 Å². The van der Waals surface area contributed by atoms with Crippen LogP contribution in [-0.4, -0.2) is 41.3 Å². The van der Waals surface area contributed by atoms with Crippen molar-refractivity contribution >= 4 is 46.5 Å². The van der Waals surface area contributed by atoms with Crippen LogP contribution in [0.15, 0.2) is 46.9 Å². The lowest BCUT2D eigenvalue weighted by Crippen LogP contribution is -2.34. The summed E-state index contributed by atoms with van der Waals surface area (Å²) in [5, 5.41) is 7.58. The maximum absolute atomic E-state index is 5.98. The number of rotatable bonds is 6. The molecule has 0 spiro atoms. The van der Waals surface area contributed by atoms with Crippen LogP contribution in [0.25, 0.3) is 11.3 Å². The molecule has 2 aromatic heterocycles. The van der Waals surface area contributed by atoms with E-state index in [1.54, 1.807) is 0 Å². The van der Waals surface area contributed by atoms with Gasteiger partial charge in [-0.3, -0.25) is 0 Å². The average molecular weight is 511 g/mol. The van der Waals surface area contributed by atoms with Crippen molar-refractivity contribution in [2.24, 2.45) is 5.92 Å². The van der Waals surface area contributed by atoms with Gasteiger partial charge >= 0.3 is 0 Å². The summed E-state index contributed by atoms with van der Waals surface area (Å²) in [6, 6.07) is 13.6. The smallest absolute Gasteiger partial charge is 0.232 e. The Labute approximate surface area is 216 Å². The van der Waals surface area contributed by atoms with Gasteiger partial charge < -0.3 is 24.9 Å². The second kappa shape index (κ2) is 10.8. The van der Waals surface area contributed by atoms with E-state index in [9.17, 15) is 0 Å². The molecule has 0 amide bonds. The van der Waals surface area contributed by atoms with E-state index >= 15 is 0 Å². The number of nitrogens with zero attached hydrogens (tertiary/aromatic N) is 4. The Balaban J connectivity index is 1.24. The zero-order valence-electron chi connectivity index (χ0n) is 20.0. The zero-order valence-corrected chi connectivity index (χ0v) is 21.5. The number of anilines is 3. The van der Waals surface area contributed by atoms with Gasteiger partial charge in [-0.25, -0.2) is 0 Å². The fourth-order valence-electron chi connectivity index (χ4n) is 4.54. The summed E-state index contributed by atoms with van der Waals surface area (Å²) < 4.78 is 5.97. The molecule has 0 saturated carbocycles. The molecule has 0 atom stereocenters. The monoisotopic (exact) mass is 510 g/mol. The number of thiocarbonyl (C=S) groups is 1. The summed E-state index contributed by atoms with van der Waals surface area (Å²) in [6.07, 6.45) is 4.77. The van der Waals surface area contributed by atoms with Gasteiger partial charge in [0, 0.05) is 42.8 Å². The summed E-state index contributed by atoms with van der Waals surface area (Å²) in [5.74, 6) is 4.81. The zero-order chi connectivity index (χ0) is 24.2. The molecule has 2 fully saturated rings. The van der Waals surface area contributed by atoms with E-state index in [1.807, 2.05) is 36.4 Å². The fraction of sp³-hybridized carbons (Fsp3) is 0.423. The molecule has 7 nitrogen and oxygen atoms in total. The summed E-state index contributed by atoms with van der Waals surface area (Å²) in [5.41, 5.74) is 0.980. The Morgan fingerprint density at radius 1 is 1.00 bits per heavy atom. The molecule has 0 unspecified atom stereocenters. The summed E-state index contributed by atoms with van der Waals surface area (Å²) in [7, 11) is 0. The number of halogens is 1. The first-order valence-corrected chi connectivity index (χ1v) is 13.1. The van der Waals surface area contributed by atoms with Crippen molar-refractivity contribution in [3.63, 3.8) is 0 Å². The van der Waals surface area contributed by atoms with Crippen molar-refractivity contribution in [3.05, 3.63) is 53.2 Å². The van der Waals surface area contributed by atoms with Gasteiger partial charge in [-0.05, 0) is 80.2 Å². The third-order valence-electron chi connectivity index (χ3n) is 6.68. The van der Waals surface area contributed by atoms with Crippen LogP contribution in [0.5, 0.6) is 0 Å². The van der Waals surface area contributed by atoms with Crippen molar-refractivity contribution in [2.45, 2.75) is 39.2 Å². The van der Waals surface area contributed by atoms with E-state index in [-0.39, 0.29) is 0 Å². The van der Waals surface area contributed by atoms with E-state index in [1.165, 1.54) is 25.7 Å². The van der Waals surface area contributed by atoms with E-state index in [0.29, 0.717) is 22.6 Å². The van der Waals surface area contributed by atoms with E-state index in [2.05, 4.69) is 33.4 Å². The van der Waals surface area contributed by atoms with Crippen molar-refractivity contribution in [3.8, 4) is 11.3 Å². The van der Waals surface area contributed by atoms with Gasteiger partial charge in [0.05, 0.1) is 6.54 Å². The topological polar surface area (TPSA) is 69.5 Å². The number of nitrogens with one attached hydrogen (secondary N) is 2. The molecule has 35 heavy (non-hydrogen) atoms. The molecular weight excluding hydrogens is 480 g/mol. The highest BCUT2D eigenvalue weighted by molar-refractivity contribution is 7.80. The van der Waals surface area contributed by atoms with Gasteiger partial charge in [0.25, 0.3) is 0 Å². The second-order valence-corrected chi connectivity index (χ2v) is 10.2. The number of aromatic nitrogens is 2. The Bertz CT molecular complexity index is 1150. The minimum atomic E-state index is 0.460. The molecule has 184 valence electrons. The lowest BCUT2D eigenvalue weighted by molar-refractivity contribution is 0.436. The predicted octanol–water partition coefficient (Wildman–Crippen LogP) is 5.71. The molecule has 0 bridgehead atoms. The molecule has 2 aliphatic rings. The van der Waals surface area contributed by atoms with E-state index in [0.717, 1.165) is 60.8 Å². The molecule has 9 heteroatoms. The van der Waals surface area contributed by atoms with Crippen LogP contribution in [0.2, 0.25) is 5.02 Å². The van der Waals surface area contributed by atoms with Crippen molar-refractivity contribution < 1.29 is 4.42 Å². The Hall–Kier alpha value is -2.84. The third-order valence-corrected chi connectivity index (χ3v) is 7.17. The molecule has 0 aliphatic carbocycles. The largest absolute Gasteiger partial charge is 0.459 e. The first-order chi connectivity index (χ1) is 17.0.